The van der Waals surface area contributed by atoms with E-state index in [2.05, 4.69) is 20.8 Å². The summed E-state index contributed by atoms with van der Waals surface area (Å²) in [5.74, 6) is -0.141. The van der Waals surface area contributed by atoms with Crippen LogP contribution in [0.2, 0.25) is 0 Å². The number of hydrogen-bond donors (Lipinski definition) is 3. The van der Waals surface area contributed by atoms with Crippen LogP contribution in [0.5, 0.6) is 0 Å². The first-order valence-corrected chi connectivity index (χ1v) is 5.37. The van der Waals surface area contributed by atoms with Gasteiger partial charge in [-0.2, -0.15) is 5.10 Å². The van der Waals surface area contributed by atoms with Gasteiger partial charge >= 0.3 is 0 Å². The first-order chi connectivity index (χ1) is 7.83. The quantitative estimate of drug-likeness (QED) is 0.598. The highest BCUT2D eigenvalue weighted by atomic mass is 16.5. The third-order valence-electron chi connectivity index (χ3n) is 2.61. The Bertz CT molecular complexity index is 375. The Hall–Kier alpha value is -1.40. The van der Waals surface area contributed by atoms with Crippen molar-refractivity contribution < 1.29 is 9.53 Å². The molecule has 6 nitrogen and oxygen atoms in total. The number of ether oxygens (including phenoxy) is 1. The van der Waals surface area contributed by atoms with E-state index in [1.807, 2.05) is 0 Å². The van der Waals surface area contributed by atoms with Gasteiger partial charge in [0.15, 0.2) is 5.69 Å². The lowest BCUT2D eigenvalue weighted by Gasteiger charge is -2.12. The number of rotatable bonds is 4. The predicted molar refractivity (Wildman–Crippen MR) is 58.2 cm³/mol. The van der Waals surface area contributed by atoms with E-state index < -0.39 is 0 Å². The zero-order chi connectivity index (χ0) is 11.4. The van der Waals surface area contributed by atoms with E-state index in [1.165, 1.54) is 0 Å². The average Bonchev–Trinajstić information content (AvgIpc) is 2.73. The maximum absolute atomic E-state index is 11.8. The second-order valence-corrected chi connectivity index (χ2v) is 3.70. The van der Waals surface area contributed by atoms with E-state index in [4.69, 9.17) is 4.74 Å². The normalized spacial score (nSPS) is 14.6. The van der Waals surface area contributed by atoms with Gasteiger partial charge in [0.25, 0.3) is 5.91 Å². The number of amides is 1. The molecule has 1 amide bonds. The van der Waals surface area contributed by atoms with Gasteiger partial charge in [0.1, 0.15) is 0 Å². The molecule has 1 aromatic heterocycles. The van der Waals surface area contributed by atoms with Crippen LogP contribution in [0, 0.1) is 0 Å². The standard InChI is InChI=1S/C10H16N4O2/c1-16-5-4-12-10(15)9-7-6-11-3-2-8(7)13-14-9/h11H,2-6H2,1H3,(H,12,15)(H,13,14). The average molecular weight is 224 g/mol. The van der Waals surface area contributed by atoms with Crippen LogP contribution in [0.4, 0.5) is 0 Å². The second kappa shape index (κ2) is 5.09. The second-order valence-electron chi connectivity index (χ2n) is 3.70. The number of nitrogens with zero attached hydrogens (tertiary/aromatic N) is 1. The zero-order valence-electron chi connectivity index (χ0n) is 9.30. The molecule has 2 heterocycles. The molecule has 6 heteroatoms. The Morgan fingerprint density at radius 2 is 2.50 bits per heavy atom. The van der Waals surface area contributed by atoms with Crippen molar-refractivity contribution in [1.29, 1.82) is 0 Å². The summed E-state index contributed by atoms with van der Waals surface area (Å²) in [4.78, 5) is 11.8. The van der Waals surface area contributed by atoms with E-state index in [0.29, 0.717) is 25.4 Å². The van der Waals surface area contributed by atoms with Crippen molar-refractivity contribution in [3.8, 4) is 0 Å². The largest absolute Gasteiger partial charge is 0.383 e. The highest BCUT2D eigenvalue weighted by molar-refractivity contribution is 5.94. The molecule has 0 spiro atoms. The lowest BCUT2D eigenvalue weighted by atomic mass is 10.1. The fraction of sp³-hybridized carbons (Fsp3) is 0.600. The van der Waals surface area contributed by atoms with E-state index in [-0.39, 0.29) is 5.91 Å². The summed E-state index contributed by atoms with van der Waals surface area (Å²) < 4.78 is 4.87. The van der Waals surface area contributed by atoms with Crippen LogP contribution >= 0.6 is 0 Å². The number of nitrogens with one attached hydrogen (secondary N) is 3. The third kappa shape index (κ3) is 2.23. The molecule has 1 aromatic rings. The number of H-pyrrole nitrogens is 1. The molecule has 0 aromatic carbocycles. The van der Waals surface area contributed by atoms with Gasteiger partial charge in [-0.3, -0.25) is 9.89 Å². The van der Waals surface area contributed by atoms with E-state index >= 15 is 0 Å². The molecule has 16 heavy (non-hydrogen) atoms. The molecule has 0 saturated heterocycles. The minimum absolute atomic E-state index is 0.141. The summed E-state index contributed by atoms with van der Waals surface area (Å²) in [5.41, 5.74) is 2.55. The summed E-state index contributed by atoms with van der Waals surface area (Å²) in [5, 5.41) is 13.0. The van der Waals surface area contributed by atoms with Crippen LogP contribution in [0.1, 0.15) is 21.7 Å². The van der Waals surface area contributed by atoms with Crippen molar-refractivity contribution in [2.24, 2.45) is 0 Å². The summed E-state index contributed by atoms with van der Waals surface area (Å²) >= 11 is 0. The molecule has 2 rings (SSSR count). The number of carbonyl (C=O) groups is 1. The van der Waals surface area contributed by atoms with Gasteiger partial charge < -0.3 is 15.4 Å². The molecule has 0 radical (unpaired) electrons. The molecule has 0 fully saturated rings. The first kappa shape index (κ1) is 11.1. The van der Waals surface area contributed by atoms with Crippen LogP contribution in [-0.2, 0) is 17.7 Å². The zero-order valence-corrected chi connectivity index (χ0v) is 9.30. The Morgan fingerprint density at radius 3 is 3.31 bits per heavy atom. The van der Waals surface area contributed by atoms with E-state index in [1.54, 1.807) is 7.11 Å². The highest BCUT2D eigenvalue weighted by Gasteiger charge is 2.20. The van der Waals surface area contributed by atoms with Crippen LogP contribution in [-0.4, -0.2) is 42.9 Å². The third-order valence-corrected chi connectivity index (χ3v) is 2.61. The monoisotopic (exact) mass is 224 g/mol. The van der Waals surface area contributed by atoms with Gasteiger partial charge in [0, 0.05) is 44.4 Å². The van der Waals surface area contributed by atoms with Gasteiger partial charge in [-0.1, -0.05) is 0 Å². The Labute approximate surface area is 93.8 Å². The number of aromatic nitrogens is 2. The van der Waals surface area contributed by atoms with Gasteiger partial charge in [-0.05, 0) is 0 Å². The highest BCUT2D eigenvalue weighted by Crippen LogP contribution is 2.14. The van der Waals surface area contributed by atoms with Crippen molar-refractivity contribution in [1.82, 2.24) is 20.8 Å². The van der Waals surface area contributed by atoms with Crippen LogP contribution < -0.4 is 10.6 Å². The topological polar surface area (TPSA) is 79.0 Å². The van der Waals surface area contributed by atoms with Crippen molar-refractivity contribution in [3.05, 3.63) is 17.0 Å². The van der Waals surface area contributed by atoms with Crippen molar-refractivity contribution in [2.45, 2.75) is 13.0 Å². The molecule has 1 aliphatic heterocycles. The molecule has 0 bridgehead atoms. The van der Waals surface area contributed by atoms with Crippen molar-refractivity contribution in [2.75, 3.05) is 26.8 Å². The molecule has 1 aliphatic rings. The number of aromatic amines is 1. The predicted octanol–water partition coefficient (Wildman–Crippen LogP) is -0.568. The van der Waals surface area contributed by atoms with Crippen LogP contribution in [0.3, 0.4) is 0 Å². The minimum Gasteiger partial charge on any atom is -0.383 e. The molecule has 0 aliphatic carbocycles. The molecular weight excluding hydrogens is 208 g/mol. The summed E-state index contributed by atoms with van der Waals surface area (Å²) in [6.45, 7) is 2.65. The summed E-state index contributed by atoms with van der Waals surface area (Å²) in [6.07, 6.45) is 0.897. The Balaban J connectivity index is 2.03. The van der Waals surface area contributed by atoms with E-state index in [0.717, 1.165) is 24.2 Å². The van der Waals surface area contributed by atoms with Gasteiger partial charge in [-0.25, -0.2) is 0 Å². The van der Waals surface area contributed by atoms with Gasteiger partial charge in [-0.15, -0.1) is 0 Å². The van der Waals surface area contributed by atoms with Crippen molar-refractivity contribution >= 4 is 5.91 Å². The molecule has 0 saturated carbocycles. The smallest absolute Gasteiger partial charge is 0.272 e. The van der Waals surface area contributed by atoms with Gasteiger partial charge in [0.2, 0.25) is 0 Å². The molecule has 88 valence electrons. The first-order valence-electron chi connectivity index (χ1n) is 5.37. The molecule has 0 atom stereocenters. The fourth-order valence-electron chi connectivity index (χ4n) is 1.76. The fourth-order valence-corrected chi connectivity index (χ4v) is 1.76. The van der Waals surface area contributed by atoms with Crippen molar-refractivity contribution in [3.63, 3.8) is 0 Å². The number of hydrogen-bond acceptors (Lipinski definition) is 4. The van der Waals surface area contributed by atoms with Crippen LogP contribution in [0.15, 0.2) is 0 Å². The Kier molecular flexibility index (Phi) is 3.53. The van der Waals surface area contributed by atoms with Crippen LogP contribution in [0.25, 0.3) is 0 Å². The number of fused-ring (bicyclic) bond motifs is 1. The Morgan fingerprint density at radius 1 is 1.62 bits per heavy atom. The maximum Gasteiger partial charge on any atom is 0.272 e. The maximum atomic E-state index is 11.8. The molecule has 3 N–H and O–H groups in total. The number of methoxy groups -OCH3 is 1. The van der Waals surface area contributed by atoms with Gasteiger partial charge in [0.05, 0.1) is 6.61 Å². The van der Waals surface area contributed by atoms with E-state index in [9.17, 15) is 4.79 Å². The lowest BCUT2D eigenvalue weighted by molar-refractivity contribution is 0.0931. The summed E-state index contributed by atoms with van der Waals surface area (Å²) in [6, 6.07) is 0. The number of carbonyl (C=O) groups excluding carboxylic acids is 1. The minimum atomic E-state index is -0.141. The molecular formula is C10H16N4O2. The molecule has 0 unspecified atom stereocenters. The lowest BCUT2D eigenvalue weighted by Crippen LogP contribution is -2.30. The summed E-state index contributed by atoms with van der Waals surface area (Å²) in [7, 11) is 1.60. The SMILES string of the molecule is COCCNC(=O)c1n[nH]c2c1CNCC2.